The first kappa shape index (κ1) is 19.7. The van der Waals surface area contributed by atoms with E-state index in [2.05, 4.69) is 37.4 Å². The highest BCUT2D eigenvalue weighted by Crippen LogP contribution is 2.32. The molecular formula is C23H31N3O3+2. The van der Waals surface area contributed by atoms with Gasteiger partial charge in [-0.15, -0.1) is 0 Å². The lowest BCUT2D eigenvalue weighted by molar-refractivity contribution is -1.02. The number of carbonyl (C=O) groups is 1. The van der Waals surface area contributed by atoms with Crippen molar-refractivity contribution in [1.82, 2.24) is 0 Å². The molecule has 1 amide bonds. The number of hydrogen-bond donors (Lipinski definition) is 3. The van der Waals surface area contributed by atoms with Crippen LogP contribution in [0.25, 0.3) is 0 Å². The molecule has 0 unspecified atom stereocenters. The predicted octanol–water partition coefficient (Wildman–Crippen LogP) is 0.461. The summed E-state index contributed by atoms with van der Waals surface area (Å²) in [5.41, 5.74) is 3.41. The number of amides is 1. The summed E-state index contributed by atoms with van der Waals surface area (Å²) in [5, 5.41) is 3.12. The second-order valence-electron chi connectivity index (χ2n) is 8.33. The molecular weight excluding hydrogens is 366 g/mol. The van der Waals surface area contributed by atoms with Gasteiger partial charge in [0.2, 0.25) is 6.79 Å². The standard InChI is InChI=1S/C23H29N3O3/c1-17(2)19-5-3-4-6-20(19)24-23(27)15-26-11-9-25(10-12-26)14-18-7-8-21-22(13-18)29-16-28-21/h3-8,13,17H,9-12,14-16H2,1-2H3,(H,24,27)/p+2. The van der Waals surface area contributed by atoms with Crippen molar-refractivity contribution in [1.29, 1.82) is 0 Å². The van der Waals surface area contributed by atoms with E-state index in [-0.39, 0.29) is 5.91 Å². The molecule has 0 bridgehead atoms. The van der Waals surface area contributed by atoms with Crippen LogP contribution in [0, 0.1) is 0 Å². The Bertz CT molecular complexity index is 860. The van der Waals surface area contributed by atoms with Gasteiger partial charge in [-0.1, -0.05) is 32.0 Å². The van der Waals surface area contributed by atoms with Gasteiger partial charge in [-0.3, -0.25) is 4.79 Å². The number of para-hydroxylation sites is 1. The minimum atomic E-state index is 0.104. The van der Waals surface area contributed by atoms with Gasteiger partial charge in [-0.05, 0) is 35.7 Å². The molecule has 0 spiro atoms. The molecule has 6 heteroatoms. The summed E-state index contributed by atoms with van der Waals surface area (Å²) in [6.07, 6.45) is 0. The Labute approximate surface area is 172 Å². The average molecular weight is 398 g/mol. The molecule has 0 radical (unpaired) electrons. The van der Waals surface area contributed by atoms with Gasteiger partial charge in [0.15, 0.2) is 18.0 Å². The highest BCUT2D eigenvalue weighted by Gasteiger charge is 2.26. The normalized spacial score (nSPS) is 20.7. The van der Waals surface area contributed by atoms with Crippen LogP contribution in [0.3, 0.4) is 0 Å². The third-order valence-electron chi connectivity index (χ3n) is 5.82. The third kappa shape index (κ3) is 4.89. The fourth-order valence-electron chi connectivity index (χ4n) is 4.19. The largest absolute Gasteiger partial charge is 0.454 e. The van der Waals surface area contributed by atoms with Crippen LogP contribution in [0.1, 0.15) is 30.9 Å². The smallest absolute Gasteiger partial charge is 0.279 e. The molecule has 2 aromatic rings. The van der Waals surface area contributed by atoms with Gasteiger partial charge >= 0.3 is 0 Å². The molecule has 0 aromatic heterocycles. The van der Waals surface area contributed by atoms with E-state index in [9.17, 15) is 4.79 Å². The van der Waals surface area contributed by atoms with Crippen molar-refractivity contribution in [3.8, 4) is 11.5 Å². The van der Waals surface area contributed by atoms with E-state index in [0.29, 0.717) is 19.3 Å². The number of nitrogens with one attached hydrogen (secondary N) is 3. The van der Waals surface area contributed by atoms with E-state index < -0.39 is 0 Å². The quantitative estimate of drug-likeness (QED) is 0.664. The fraction of sp³-hybridized carbons (Fsp3) is 0.435. The second-order valence-corrected chi connectivity index (χ2v) is 8.33. The third-order valence-corrected chi connectivity index (χ3v) is 5.82. The molecule has 2 aliphatic heterocycles. The number of benzene rings is 2. The van der Waals surface area contributed by atoms with E-state index in [0.717, 1.165) is 49.9 Å². The second kappa shape index (κ2) is 8.84. The number of carbonyl (C=O) groups excluding carboxylic acids is 1. The number of ether oxygens (including phenoxy) is 2. The first-order chi connectivity index (χ1) is 14.1. The average Bonchev–Trinajstić information content (AvgIpc) is 3.17. The minimum Gasteiger partial charge on any atom is -0.454 e. The summed E-state index contributed by atoms with van der Waals surface area (Å²) in [6.45, 7) is 10.3. The number of hydrogen-bond acceptors (Lipinski definition) is 3. The first-order valence-corrected chi connectivity index (χ1v) is 10.5. The number of quaternary nitrogens is 2. The Morgan fingerprint density at radius 1 is 1.00 bits per heavy atom. The van der Waals surface area contributed by atoms with Crippen molar-refractivity contribution in [3.05, 3.63) is 53.6 Å². The topological polar surface area (TPSA) is 56.4 Å². The Morgan fingerprint density at radius 3 is 2.52 bits per heavy atom. The molecule has 6 nitrogen and oxygen atoms in total. The Balaban J connectivity index is 1.25. The molecule has 0 saturated carbocycles. The summed E-state index contributed by atoms with van der Waals surface area (Å²) < 4.78 is 10.9. The fourth-order valence-corrected chi connectivity index (χ4v) is 4.19. The van der Waals surface area contributed by atoms with E-state index in [1.165, 1.54) is 16.0 Å². The van der Waals surface area contributed by atoms with Crippen LogP contribution in [-0.4, -0.2) is 45.4 Å². The van der Waals surface area contributed by atoms with Crippen LogP contribution in [0.5, 0.6) is 11.5 Å². The van der Waals surface area contributed by atoms with Crippen LogP contribution in [0.4, 0.5) is 5.69 Å². The summed E-state index contributed by atoms with van der Waals surface area (Å²) in [6, 6.07) is 14.3. The maximum atomic E-state index is 12.6. The molecule has 4 rings (SSSR count). The maximum Gasteiger partial charge on any atom is 0.279 e. The van der Waals surface area contributed by atoms with Crippen LogP contribution in [0.2, 0.25) is 0 Å². The monoisotopic (exact) mass is 397 g/mol. The lowest BCUT2D eigenvalue weighted by atomic mass is 10.0. The zero-order chi connectivity index (χ0) is 20.2. The van der Waals surface area contributed by atoms with Crippen molar-refractivity contribution in [3.63, 3.8) is 0 Å². The number of fused-ring (bicyclic) bond motifs is 1. The molecule has 2 aliphatic rings. The highest BCUT2D eigenvalue weighted by atomic mass is 16.7. The molecule has 1 saturated heterocycles. The van der Waals surface area contributed by atoms with Crippen LogP contribution < -0.4 is 24.6 Å². The van der Waals surface area contributed by atoms with E-state index in [4.69, 9.17) is 9.47 Å². The number of rotatable bonds is 6. The Morgan fingerprint density at radius 2 is 1.72 bits per heavy atom. The maximum absolute atomic E-state index is 12.6. The molecule has 0 atom stereocenters. The molecule has 3 N–H and O–H groups in total. The van der Waals surface area contributed by atoms with Gasteiger partial charge in [-0.2, -0.15) is 0 Å². The molecule has 0 aliphatic carbocycles. The Hall–Kier alpha value is -2.57. The number of anilines is 1. The molecule has 2 aromatic carbocycles. The van der Waals surface area contributed by atoms with Crippen LogP contribution >= 0.6 is 0 Å². The van der Waals surface area contributed by atoms with Gasteiger partial charge in [0, 0.05) is 11.3 Å². The minimum absolute atomic E-state index is 0.104. The molecule has 154 valence electrons. The summed E-state index contributed by atoms with van der Waals surface area (Å²) in [4.78, 5) is 15.5. The SMILES string of the molecule is CC(C)c1ccccc1NC(=O)C[NH+]1CC[NH+](Cc2ccc3c(c2)OCO3)CC1. The predicted molar refractivity (Wildman–Crippen MR) is 112 cm³/mol. The van der Waals surface area contributed by atoms with Gasteiger partial charge in [0.25, 0.3) is 5.91 Å². The van der Waals surface area contributed by atoms with Crippen molar-refractivity contribution in [2.45, 2.75) is 26.3 Å². The number of piperazine rings is 1. The van der Waals surface area contributed by atoms with Crippen molar-refractivity contribution in [2.24, 2.45) is 0 Å². The van der Waals surface area contributed by atoms with Gasteiger partial charge in [-0.25, -0.2) is 0 Å². The zero-order valence-electron chi connectivity index (χ0n) is 17.3. The molecule has 1 fully saturated rings. The van der Waals surface area contributed by atoms with Gasteiger partial charge < -0.3 is 24.6 Å². The van der Waals surface area contributed by atoms with E-state index in [1.54, 1.807) is 4.90 Å². The van der Waals surface area contributed by atoms with E-state index >= 15 is 0 Å². The zero-order valence-corrected chi connectivity index (χ0v) is 17.3. The molecule has 2 heterocycles. The van der Waals surface area contributed by atoms with E-state index in [1.807, 2.05) is 24.3 Å². The summed E-state index contributed by atoms with van der Waals surface area (Å²) in [5.74, 6) is 2.18. The molecule has 29 heavy (non-hydrogen) atoms. The summed E-state index contributed by atoms with van der Waals surface area (Å²) >= 11 is 0. The Kier molecular flexibility index (Phi) is 6.02. The van der Waals surface area contributed by atoms with Crippen LogP contribution in [0.15, 0.2) is 42.5 Å². The summed E-state index contributed by atoms with van der Waals surface area (Å²) in [7, 11) is 0. The van der Waals surface area contributed by atoms with Crippen molar-refractivity contribution < 1.29 is 24.1 Å². The van der Waals surface area contributed by atoms with Gasteiger partial charge in [0.05, 0.1) is 0 Å². The van der Waals surface area contributed by atoms with Crippen molar-refractivity contribution >= 4 is 11.6 Å². The lowest BCUT2D eigenvalue weighted by Gasteiger charge is -2.29. The van der Waals surface area contributed by atoms with Crippen LogP contribution in [-0.2, 0) is 11.3 Å². The first-order valence-electron chi connectivity index (χ1n) is 10.5. The lowest BCUT2D eigenvalue weighted by Crippen LogP contribution is -3.28. The highest BCUT2D eigenvalue weighted by molar-refractivity contribution is 5.92. The van der Waals surface area contributed by atoms with Gasteiger partial charge in [0.1, 0.15) is 32.7 Å². The van der Waals surface area contributed by atoms with Crippen molar-refractivity contribution in [2.75, 3.05) is 44.8 Å².